The molecule has 4 rings (SSSR count). The van der Waals surface area contributed by atoms with Gasteiger partial charge < -0.3 is 23.8 Å². The second-order valence-corrected chi connectivity index (χ2v) is 8.07. The largest absolute Gasteiger partial charge is 0.495 e. The van der Waals surface area contributed by atoms with Crippen LogP contribution in [0.4, 0.5) is 5.69 Å². The molecule has 2 amide bonds. The van der Waals surface area contributed by atoms with Gasteiger partial charge in [0.15, 0.2) is 11.5 Å². The van der Waals surface area contributed by atoms with Crippen molar-refractivity contribution >= 4 is 23.1 Å². The zero-order chi connectivity index (χ0) is 23.7. The number of rotatable bonds is 6. The van der Waals surface area contributed by atoms with Gasteiger partial charge in [-0.2, -0.15) is 0 Å². The number of ether oxygens (including phenoxy) is 4. The third kappa shape index (κ3) is 4.02. The van der Waals surface area contributed by atoms with Gasteiger partial charge in [-0.05, 0) is 43.7 Å². The predicted octanol–water partition coefficient (Wildman–Crippen LogP) is 3.11. The minimum absolute atomic E-state index is 0.0869. The van der Waals surface area contributed by atoms with Crippen LogP contribution in [0.15, 0.2) is 48.2 Å². The molecule has 2 heterocycles. The van der Waals surface area contributed by atoms with E-state index < -0.39 is 11.8 Å². The first kappa shape index (κ1) is 22.7. The van der Waals surface area contributed by atoms with E-state index in [1.165, 1.54) is 19.1 Å². The van der Waals surface area contributed by atoms with Gasteiger partial charge in [0.2, 0.25) is 0 Å². The van der Waals surface area contributed by atoms with Gasteiger partial charge in [-0.1, -0.05) is 18.2 Å². The Kier molecular flexibility index (Phi) is 6.29. The minimum atomic E-state index is -0.418. The Balaban J connectivity index is 1.88. The predicted molar refractivity (Wildman–Crippen MR) is 124 cm³/mol. The van der Waals surface area contributed by atoms with Crippen molar-refractivity contribution in [3.63, 3.8) is 0 Å². The number of para-hydroxylation sites is 2. The molecule has 174 valence electrons. The van der Waals surface area contributed by atoms with Gasteiger partial charge in [0.25, 0.3) is 11.8 Å². The van der Waals surface area contributed by atoms with E-state index in [9.17, 15) is 9.59 Å². The van der Waals surface area contributed by atoms with E-state index in [1.54, 1.807) is 49.6 Å². The van der Waals surface area contributed by atoms with Crippen LogP contribution in [0.1, 0.15) is 19.4 Å². The highest BCUT2D eigenvalue weighted by Gasteiger charge is 2.44. The number of morpholine rings is 1. The third-order valence-electron chi connectivity index (χ3n) is 5.79. The molecule has 1 fully saturated rings. The smallest absolute Gasteiger partial charge is 0.282 e. The van der Waals surface area contributed by atoms with E-state index in [4.69, 9.17) is 18.9 Å². The molecule has 0 radical (unpaired) electrons. The van der Waals surface area contributed by atoms with Crippen molar-refractivity contribution in [2.75, 3.05) is 39.3 Å². The maximum Gasteiger partial charge on any atom is 0.282 e. The lowest BCUT2D eigenvalue weighted by Crippen LogP contribution is -2.47. The first-order valence-electron chi connectivity index (χ1n) is 10.8. The topological polar surface area (TPSA) is 77.5 Å². The number of carbonyl (C=O) groups is 2. The van der Waals surface area contributed by atoms with Gasteiger partial charge in [-0.25, -0.2) is 4.90 Å². The summed E-state index contributed by atoms with van der Waals surface area (Å²) < 4.78 is 22.1. The van der Waals surface area contributed by atoms with Gasteiger partial charge in [0.05, 0.1) is 44.8 Å². The summed E-state index contributed by atoms with van der Waals surface area (Å²) in [5.74, 6) is 0.641. The number of nitrogens with zero attached hydrogens (tertiary/aromatic N) is 2. The highest BCUT2D eigenvalue weighted by molar-refractivity contribution is 6.45. The fourth-order valence-corrected chi connectivity index (χ4v) is 4.46. The highest BCUT2D eigenvalue weighted by atomic mass is 16.5. The van der Waals surface area contributed by atoms with Crippen molar-refractivity contribution in [1.82, 2.24) is 4.90 Å². The van der Waals surface area contributed by atoms with E-state index in [0.717, 1.165) is 0 Å². The third-order valence-corrected chi connectivity index (χ3v) is 5.79. The Morgan fingerprint density at radius 1 is 0.818 bits per heavy atom. The molecule has 2 aromatic carbocycles. The van der Waals surface area contributed by atoms with E-state index in [1.807, 2.05) is 18.7 Å². The summed E-state index contributed by atoms with van der Waals surface area (Å²) >= 11 is 0. The SMILES string of the molecule is COc1ccc(C2=C(N3CC(C)OC(C)C3)C(=O)N(c3ccccc3OC)C2=O)cc1OC. The normalized spacial score (nSPS) is 21.0. The van der Waals surface area contributed by atoms with Crippen LogP contribution in [0.3, 0.4) is 0 Å². The molecule has 0 bridgehead atoms. The second-order valence-electron chi connectivity index (χ2n) is 8.07. The van der Waals surface area contributed by atoms with Crippen LogP contribution < -0.4 is 19.1 Å². The van der Waals surface area contributed by atoms with Crippen molar-refractivity contribution < 1.29 is 28.5 Å². The second kappa shape index (κ2) is 9.15. The molecule has 0 saturated carbocycles. The number of hydrogen-bond acceptors (Lipinski definition) is 7. The molecular weight excluding hydrogens is 424 g/mol. The van der Waals surface area contributed by atoms with Crippen LogP contribution in [0.25, 0.3) is 5.57 Å². The molecule has 0 spiro atoms. The van der Waals surface area contributed by atoms with Crippen LogP contribution in [-0.4, -0.2) is 63.3 Å². The van der Waals surface area contributed by atoms with Gasteiger partial charge in [0.1, 0.15) is 11.4 Å². The van der Waals surface area contributed by atoms with Crippen LogP contribution >= 0.6 is 0 Å². The zero-order valence-electron chi connectivity index (χ0n) is 19.5. The number of hydrogen-bond donors (Lipinski definition) is 0. The molecule has 2 aliphatic rings. The summed E-state index contributed by atoms with van der Waals surface area (Å²) in [6, 6.07) is 12.2. The average Bonchev–Trinajstić information content (AvgIpc) is 3.07. The molecule has 1 saturated heterocycles. The average molecular weight is 453 g/mol. The molecule has 2 aromatic rings. The van der Waals surface area contributed by atoms with E-state index >= 15 is 0 Å². The molecule has 2 aliphatic heterocycles. The van der Waals surface area contributed by atoms with Gasteiger partial charge >= 0.3 is 0 Å². The van der Waals surface area contributed by atoms with Crippen LogP contribution in [-0.2, 0) is 14.3 Å². The number of anilines is 1. The maximum atomic E-state index is 13.8. The van der Waals surface area contributed by atoms with Crippen molar-refractivity contribution in [2.24, 2.45) is 0 Å². The standard InChI is InChI=1S/C25H28N2O6/c1-15-13-26(14-16(2)33-15)23-22(17-10-11-20(31-4)21(12-17)32-5)24(28)27(25(23)29)18-8-6-7-9-19(18)30-3/h6-12,15-16H,13-14H2,1-5H3. The van der Waals surface area contributed by atoms with E-state index in [-0.39, 0.29) is 12.2 Å². The number of methoxy groups -OCH3 is 3. The summed E-state index contributed by atoms with van der Waals surface area (Å²) in [4.78, 5) is 30.8. The zero-order valence-corrected chi connectivity index (χ0v) is 19.5. The van der Waals surface area contributed by atoms with Crippen molar-refractivity contribution in [1.29, 1.82) is 0 Å². The van der Waals surface area contributed by atoms with Crippen molar-refractivity contribution in [3.05, 3.63) is 53.7 Å². The summed E-state index contributed by atoms with van der Waals surface area (Å²) in [6.07, 6.45) is -0.174. The minimum Gasteiger partial charge on any atom is -0.495 e. The fourth-order valence-electron chi connectivity index (χ4n) is 4.46. The number of amides is 2. The summed E-state index contributed by atoms with van der Waals surface area (Å²) in [6.45, 7) is 4.90. The lowest BCUT2D eigenvalue weighted by atomic mass is 10.0. The number of benzene rings is 2. The van der Waals surface area contributed by atoms with Gasteiger partial charge in [-0.3, -0.25) is 9.59 Å². The molecule has 8 heteroatoms. The van der Waals surface area contributed by atoms with E-state index in [0.29, 0.717) is 52.9 Å². The molecule has 0 aliphatic carbocycles. The Labute approximate surface area is 193 Å². The lowest BCUT2D eigenvalue weighted by Gasteiger charge is -2.37. The molecule has 0 N–H and O–H groups in total. The molecule has 2 atom stereocenters. The lowest BCUT2D eigenvalue weighted by molar-refractivity contribution is -0.121. The van der Waals surface area contributed by atoms with Crippen LogP contribution in [0, 0.1) is 0 Å². The number of carbonyl (C=O) groups excluding carboxylic acids is 2. The Morgan fingerprint density at radius 3 is 2.09 bits per heavy atom. The number of imide groups is 1. The first-order chi connectivity index (χ1) is 15.9. The van der Waals surface area contributed by atoms with E-state index in [2.05, 4.69) is 0 Å². The molecule has 2 unspecified atom stereocenters. The Bertz CT molecular complexity index is 1100. The molecule has 0 aromatic heterocycles. The quantitative estimate of drug-likeness (QED) is 0.624. The molecule has 33 heavy (non-hydrogen) atoms. The van der Waals surface area contributed by atoms with Gasteiger partial charge in [-0.15, -0.1) is 0 Å². The highest BCUT2D eigenvalue weighted by Crippen LogP contribution is 2.41. The Hall–Kier alpha value is -3.52. The van der Waals surface area contributed by atoms with Crippen LogP contribution in [0.2, 0.25) is 0 Å². The summed E-state index contributed by atoms with van der Waals surface area (Å²) in [7, 11) is 4.59. The molecular formula is C25H28N2O6. The fraction of sp³-hybridized carbons (Fsp3) is 0.360. The molecule has 8 nitrogen and oxygen atoms in total. The van der Waals surface area contributed by atoms with Crippen molar-refractivity contribution in [2.45, 2.75) is 26.1 Å². The summed E-state index contributed by atoms with van der Waals surface area (Å²) in [5, 5.41) is 0. The maximum absolute atomic E-state index is 13.8. The monoisotopic (exact) mass is 452 g/mol. The van der Waals surface area contributed by atoms with Gasteiger partial charge in [0, 0.05) is 13.1 Å². The summed E-state index contributed by atoms with van der Waals surface area (Å²) in [5.41, 5.74) is 1.64. The Morgan fingerprint density at radius 2 is 1.45 bits per heavy atom. The van der Waals surface area contributed by atoms with Crippen LogP contribution in [0.5, 0.6) is 17.2 Å². The van der Waals surface area contributed by atoms with Crippen molar-refractivity contribution in [3.8, 4) is 17.2 Å². The first-order valence-corrected chi connectivity index (χ1v) is 10.8.